The Balaban J connectivity index is 1.57. The Labute approximate surface area is 163 Å². The van der Waals surface area contributed by atoms with E-state index in [0.717, 1.165) is 22.7 Å². The number of nitrogens with one attached hydrogen (secondary N) is 2. The second kappa shape index (κ2) is 9.05. The molecule has 2 N–H and O–H groups in total. The molecule has 0 fully saturated rings. The number of carbonyl (C=O) groups is 1. The van der Waals surface area contributed by atoms with Crippen LogP contribution >= 0.6 is 11.6 Å². The van der Waals surface area contributed by atoms with Gasteiger partial charge in [0.05, 0.1) is 7.11 Å². The van der Waals surface area contributed by atoms with Gasteiger partial charge in [-0.05, 0) is 60.5 Å². The Morgan fingerprint density at radius 2 is 1.89 bits per heavy atom. The van der Waals surface area contributed by atoms with E-state index in [0.29, 0.717) is 23.7 Å². The van der Waals surface area contributed by atoms with Crippen molar-refractivity contribution in [2.45, 2.75) is 6.42 Å². The molecule has 1 aromatic heterocycles. The second-order valence-corrected chi connectivity index (χ2v) is 6.36. The molecule has 3 rings (SSSR count). The van der Waals surface area contributed by atoms with Gasteiger partial charge >= 0.3 is 0 Å². The number of methoxy groups -OCH3 is 1. The summed E-state index contributed by atoms with van der Waals surface area (Å²) in [6, 6.07) is 18.7. The minimum atomic E-state index is -0.213. The molecule has 0 atom stereocenters. The van der Waals surface area contributed by atoms with Crippen molar-refractivity contribution < 1.29 is 9.53 Å². The smallest absolute Gasteiger partial charge is 0.269 e. The third-order valence-electron chi connectivity index (χ3n) is 3.96. The Morgan fingerprint density at radius 1 is 1.07 bits per heavy atom. The number of hydrogen-bond acceptors (Lipinski definition) is 4. The van der Waals surface area contributed by atoms with Crippen LogP contribution in [0.3, 0.4) is 0 Å². The van der Waals surface area contributed by atoms with Crippen molar-refractivity contribution in [1.29, 1.82) is 0 Å². The van der Waals surface area contributed by atoms with Crippen molar-refractivity contribution in [2.24, 2.45) is 0 Å². The Morgan fingerprint density at radius 3 is 2.63 bits per heavy atom. The fourth-order valence-corrected chi connectivity index (χ4v) is 2.79. The average molecular weight is 382 g/mol. The highest BCUT2D eigenvalue weighted by atomic mass is 35.5. The molecule has 1 heterocycles. The molecule has 1 amide bonds. The fourth-order valence-electron chi connectivity index (χ4n) is 2.58. The zero-order valence-electron chi connectivity index (χ0n) is 14.9. The number of rotatable bonds is 7. The van der Waals surface area contributed by atoms with Crippen molar-refractivity contribution in [3.05, 3.63) is 83.1 Å². The highest BCUT2D eigenvalue weighted by Crippen LogP contribution is 2.20. The van der Waals surface area contributed by atoms with Crippen LogP contribution in [0.4, 0.5) is 11.4 Å². The number of ether oxygens (including phenoxy) is 1. The van der Waals surface area contributed by atoms with E-state index in [-0.39, 0.29) is 5.91 Å². The summed E-state index contributed by atoms with van der Waals surface area (Å²) >= 11 is 5.97. The summed E-state index contributed by atoms with van der Waals surface area (Å²) in [5.41, 5.74) is 3.12. The topological polar surface area (TPSA) is 63.2 Å². The van der Waals surface area contributed by atoms with Crippen molar-refractivity contribution in [1.82, 2.24) is 10.3 Å². The van der Waals surface area contributed by atoms with Crippen molar-refractivity contribution >= 4 is 28.9 Å². The van der Waals surface area contributed by atoms with E-state index in [1.165, 1.54) is 0 Å². The van der Waals surface area contributed by atoms with Gasteiger partial charge in [-0.1, -0.05) is 23.7 Å². The number of aromatic nitrogens is 1. The number of hydrogen-bond donors (Lipinski definition) is 2. The number of halogens is 1. The van der Waals surface area contributed by atoms with Crippen LogP contribution in [0, 0.1) is 0 Å². The Bertz CT molecular complexity index is 913. The van der Waals surface area contributed by atoms with Gasteiger partial charge in [0.2, 0.25) is 0 Å². The van der Waals surface area contributed by atoms with E-state index < -0.39 is 0 Å². The van der Waals surface area contributed by atoms with E-state index >= 15 is 0 Å². The summed E-state index contributed by atoms with van der Waals surface area (Å²) in [7, 11) is 1.63. The van der Waals surface area contributed by atoms with Gasteiger partial charge in [-0.15, -0.1) is 0 Å². The van der Waals surface area contributed by atoms with Crippen LogP contribution in [-0.4, -0.2) is 24.5 Å². The molecule has 27 heavy (non-hydrogen) atoms. The molecule has 0 unspecified atom stereocenters. The lowest BCUT2D eigenvalue weighted by molar-refractivity contribution is 0.0949. The summed E-state index contributed by atoms with van der Waals surface area (Å²) in [6.07, 6.45) is 2.31. The van der Waals surface area contributed by atoms with Gasteiger partial charge in [0.1, 0.15) is 11.4 Å². The molecule has 0 aliphatic carbocycles. The first-order valence-corrected chi connectivity index (χ1v) is 8.91. The molecule has 0 aliphatic rings. The zero-order valence-corrected chi connectivity index (χ0v) is 15.7. The molecule has 0 spiro atoms. The molecule has 6 heteroatoms. The Hall–Kier alpha value is -3.05. The highest BCUT2D eigenvalue weighted by Gasteiger charge is 2.08. The molecule has 0 saturated heterocycles. The lowest BCUT2D eigenvalue weighted by Crippen LogP contribution is -2.26. The van der Waals surface area contributed by atoms with E-state index in [1.54, 1.807) is 19.4 Å². The van der Waals surface area contributed by atoms with Crippen LogP contribution in [0.25, 0.3) is 0 Å². The summed E-state index contributed by atoms with van der Waals surface area (Å²) in [4.78, 5) is 16.5. The SMILES string of the molecule is COc1ccc(Nc2ccnc(C(=O)NCCc3cccc(Cl)c3)c2)cc1. The lowest BCUT2D eigenvalue weighted by Gasteiger charge is -2.09. The number of anilines is 2. The van der Waals surface area contributed by atoms with E-state index in [1.807, 2.05) is 54.6 Å². The summed E-state index contributed by atoms with van der Waals surface area (Å²) in [5.74, 6) is 0.574. The standard InChI is InChI=1S/C21H20ClN3O2/c1-27-19-7-5-17(6-8-19)25-18-10-12-23-20(14-18)21(26)24-11-9-15-3-2-4-16(22)13-15/h2-8,10,12-14H,9,11H2,1H3,(H,23,25)(H,24,26). The van der Waals surface area contributed by atoms with Crippen LogP contribution in [0.2, 0.25) is 5.02 Å². The van der Waals surface area contributed by atoms with E-state index in [2.05, 4.69) is 15.6 Å². The predicted molar refractivity (Wildman–Crippen MR) is 108 cm³/mol. The first kappa shape index (κ1) is 18.7. The molecular weight excluding hydrogens is 362 g/mol. The normalized spacial score (nSPS) is 10.3. The fraction of sp³-hybridized carbons (Fsp3) is 0.143. The van der Waals surface area contributed by atoms with Gasteiger partial charge in [0.25, 0.3) is 5.91 Å². The molecular formula is C21H20ClN3O2. The molecule has 0 radical (unpaired) electrons. The lowest BCUT2D eigenvalue weighted by atomic mass is 10.1. The quantitative estimate of drug-likeness (QED) is 0.634. The maximum absolute atomic E-state index is 12.3. The first-order valence-electron chi connectivity index (χ1n) is 8.54. The van der Waals surface area contributed by atoms with Gasteiger partial charge in [-0.3, -0.25) is 9.78 Å². The molecule has 0 aliphatic heterocycles. The van der Waals surface area contributed by atoms with Gasteiger partial charge in [-0.2, -0.15) is 0 Å². The summed E-state index contributed by atoms with van der Waals surface area (Å²) in [5, 5.41) is 6.83. The first-order chi connectivity index (χ1) is 13.1. The van der Waals surface area contributed by atoms with Crippen LogP contribution in [-0.2, 0) is 6.42 Å². The number of benzene rings is 2. The minimum absolute atomic E-state index is 0.213. The van der Waals surface area contributed by atoms with Gasteiger partial charge < -0.3 is 15.4 Å². The Kier molecular flexibility index (Phi) is 6.28. The predicted octanol–water partition coefficient (Wildman–Crippen LogP) is 4.46. The maximum atomic E-state index is 12.3. The van der Waals surface area contributed by atoms with Gasteiger partial charge in [0.15, 0.2) is 0 Å². The number of nitrogens with zero attached hydrogens (tertiary/aromatic N) is 1. The third-order valence-corrected chi connectivity index (χ3v) is 4.19. The van der Waals surface area contributed by atoms with Crippen LogP contribution in [0.1, 0.15) is 16.1 Å². The van der Waals surface area contributed by atoms with E-state index in [4.69, 9.17) is 16.3 Å². The molecule has 5 nitrogen and oxygen atoms in total. The summed E-state index contributed by atoms with van der Waals surface area (Å²) in [6.45, 7) is 0.511. The number of carbonyl (C=O) groups excluding carboxylic acids is 1. The molecule has 3 aromatic rings. The van der Waals surface area contributed by atoms with Crippen molar-refractivity contribution in [3.63, 3.8) is 0 Å². The number of amides is 1. The van der Waals surface area contributed by atoms with Gasteiger partial charge in [0, 0.05) is 29.1 Å². The molecule has 2 aromatic carbocycles. The van der Waals surface area contributed by atoms with Crippen molar-refractivity contribution in [2.75, 3.05) is 19.0 Å². The van der Waals surface area contributed by atoms with E-state index in [9.17, 15) is 4.79 Å². The van der Waals surface area contributed by atoms with Gasteiger partial charge in [-0.25, -0.2) is 0 Å². The number of pyridine rings is 1. The largest absolute Gasteiger partial charge is 0.497 e. The highest BCUT2D eigenvalue weighted by molar-refractivity contribution is 6.30. The molecule has 138 valence electrons. The molecule has 0 saturated carbocycles. The second-order valence-electron chi connectivity index (χ2n) is 5.92. The monoisotopic (exact) mass is 381 g/mol. The zero-order chi connectivity index (χ0) is 19.1. The van der Waals surface area contributed by atoms with Crippen LogP contribution < -0.4 is 15.4 Å². The maximum Gasteiger partial charge on any atom is 0.269 e. The third kappa shape index (κ3) is 5.46. The van der Waals surface area contributed by atoms with Crippen LogP contribution in [0.5, 0.6) is 5.75 Å². The molecule has 0 bridgehead atoms. The minimum Gasteiger partial charge on any atom is -0.497 e. The average Bonchev–Trinajstić information content (AvgIpc) is 2.69. The van der Waals surface area contributed by atoms with Crippen LogP contribution in [0.15, 0.2) is 66.9 Å². The summed E-state index contributed by atoms with van der Waals surface area (Å²) < 4.78 is 5.15. The van der Waals surface area contributed by atoms with Crippen molar-refractivity contribution in [3.8, 4) is 5.75 Å².